The SMILES string of the molecule is CC(NC(=O)OC(C)(C)C)C(=O)OC(CC[C@H]1C(=O)N(c2ccc(F)cc2)C1c1ccc(OCc2ccccc2)cc1)c1ccc(F)cc1. The molecule has 5 rings (SSSR count). The molecule has 0 aliphatic carbocycles. The number of amides is 2. The van der Waals surface area contributed by atoms with Crippen LogP contribution >= 0.6 is 0 Å². The fourth-order valence-corrected chi connectivity index (χ4v) is 5.69. The van der Waals surface area contributed by atoms with Crippen LogP contribution in [0.2, 0.25) is 0 Å². The molecule has 4 atom stereocenters. The number of β-lactam (4-membered cyclic amide) rings is 1. The van der Waals surface area contributed by atoms with Gasteiger partial charge in [0, 0.05) is 5.69 Å². The quantitative estimate of drug-likeness (QED) is 0.121. The molecule has 1 aliphatic rings. The van der Waals surface area contributed by atoms with Gasteiger partial charge < -0.3 is 24.4 Å². The smallest absolute Gasteiger partial charge is 0.408 e. The molecule has 1 N–H and O–H groups in total. The van der Waals surface area contributed by atoms with Crippen molar-refractivity contribution < 1.29 is 37.4 Å². The number of nitrogens with zero attached hydrogens (tertiary/aromatic N) is 1. The van der Waals surface area contributed by atoms with Crippen molar-refractivity contribution in [2.45, 2.75) is 70.9 Å². The van der Waals surface area contributed by atoms with Crippen LogP contribution < -0.4 is 15.0 Å². The van der Waals surface area contributed by atoms with Gasteiger partial charge in [-0.15, -0.1) is 0 Å². The van der Waals surface area contributed by atoms with E-state index in [0.29, 0.717) is 30.0 Å². The summed E-state index contributed by atoms with van der Waals surface area (Å²) < 4.78 is 44.7. The maximum Gasteiger partial charge on any atom is 0.408 e. The van der Waals surface area contributed by atoms with Crippen molar-refractivity contribution in [3.05, 3.63) is 131 Å². The first-order valence-electron chi connectivity index (χ1n) is 16.2. The molecule has 256 valence electrons. The molecular formula is C39H40F2N2O6. The van der Waals surface area contributed by atoms with Gasteiger partial charge in [-0.1, -0.05) is 54.6 Å². The molecule has 1 saturated heterocycles. The highest BCUT2D eigenvalue weighted by Gasteiger charge is 2.48. The predicted octanol–water partition coefficient (Wildman–Crippen LogP) is 8.23. The Hall–Kier alpha value is -5.25. The van der Waals surface area contributed by atoms with Gasteiger partial charge in [0.25, 0.3) is 0 Å². The Bertz CT molecular complexity index is 1730. The maximum absolute atomic E-state index is 13.8. The first-order valence-corrected chi connectivity index (χ1v) is 16.2. The van der Waals surface area contributed by atoms with Gasteiger partial charge in [-0.05, 0) is 106 Å². The maximum atomic E-state index is 13.8. The van der Waals surface area contributed by atoms with E-state index in [9.17, 15) is 23.2 Å². The number of hydrogen-bond donors (Lipinski definition) is 1. The second-order valence-corrected chi connectivity index (χ2v) is 13.0. The van der Waals surface area contributed by atoms with Crippen LogP contribution in [0.5, 0.6) is 5.75 Å². The van der Waals surface area contributed by atoms with Crippen LogP contribution in [0.25, 0.3) is 0 Å². The lowest BCUT2D eigenvalue weighted by Crippen LogP contribution is -2.55. The topological polar surface area (TPSA) is 94.2 Å². The first kappa shape index (κ1) is 35.1. The van der Waals surface area contributed by atoms with Gasteiger partial charge >= 0.3 is 12.1 Å². The van der Waals surface area contributed by atoms with Crippen molar-refractivity contribution in [3.8, 4) is 5.75 Å². The number of carbonyl (C=O) groups excluding carboxylic acids is 3. The van der Waals surface area contributed by atoms with E-state index in [0.717, 1.165) is 11.1 Å². The lowest BCUT2D eigenvalue weighted by atomic mass is 9.78. The van der Waals surface area contributed by atoms with Gasteiger partial charge in [0.1, 0.15) is 41.7 Å². The molecule has 10 heteroatoms. The number of halogens is 2. The minimum atomic E-state index is -1.03. The van der Waals surface area contributed by atoms with Crippen molar-refractivity contribution in [2.24, 2.45) is 5.92 Å². The van der Waals surface area contributed by atoms with E-state index >= 15 is 0 Å². The minimum Gasteiger partial charge on any atom is -0.489 e. The van der Waals surface area contributed by atoms with Gasteiger partial charge in [0.15, 0.2) is 0 Å². The summed E-state index contributed by atoms with van der Waals surface area (Å²) in [5.74, 6) is -1.57. The fraction of sp³-hybridized carbons (Fsp3) is 0.308. The van der Waals surface area contributed by atoms with Crippen LogP contribution in [0, 0.1) is 17.6 Å². The van der Waals surface area contributed by atoms with E-state index in [-0.39, 0.29) is 12.3 Å². The third kappa shape index (κ3) is 9.22. The zero-order valence-electron chi connectivity index (χ0n) is 27.9. The van der Waals surface area contributed by atoms with E-state index in [1.54, 1.807) is 37.8 Å². The average molecular weight is 671 g/mol. The fourth-order valence-electron chi connectivity index (χ4n) is 5.69. The van der Waals surface area contributed by atoms with E-state index in [1.165, 1.54) is 43.3 Å². The molecule has 0 spiro atoms. The Balaban J connectivity index is 1.33. The Morgan fingerprint density at radius 2 is 1.47 bits per heavy atom. The number of hydrogen-bond acceptors (Lipinski definition) is 6. The second-order valence-electron chi connectivity index (χ2n) is 13.0. The van der Waals surface area contributed by atoms with Crippen LogP contribution in [0.1, 0.15) is 69.4 Å². The normalized spacial score (nSPS) is 17.0. The number of ether oxygens (including phenoxy) is 3. The van der Waals surface area contributed by atoms with E-state index in [2.05, 4.69) is 5.32 Å². The molecule has 4 aromatic rings. The summed E-state index contributed by atoms with van der Waals surface area (Å²) in [4.78, 5) is 40.7. The van der Waals surface area contributed by atoms with Crippen molar-refractivity contribution in [1.29, 1.82) is 0 Å². The second kappa shape index (κ2) is 15.3. The summed E-state index contributed by atoms with van der Waals surface area (Å²) in [6.07, 6.45) is -1.05. The summed E-state index contributed by atoms with van der Waals surface area (Å²) in [6.45, 7) is 7.01. The van der Waals surface area contributed by atoms with E-state index in [4.69, 9.17) is 14.2 Å². The van der Waals surface area contributed by atoms with E-state index in [1.807, 2.05) is 54.6 Å². The lowest BCUT2D eigenvalue weighted by molar-refractivity contribution is -0.152. The zero-order valence-corrected chi connectivity index (χ0v) is 27.9. The molecule has 2 amide bonds. The highest BCUT2D eigenvalue weighted by atomic mass is 19.1. The van der Waals surface area contributed by atoms with Gasteiger partial charge in [-0.3, -0.25) is 4.79 Å². The van der Waals surface area contributed by atoms with Crippen molar-refractivity contribution in [1.82, 2.24) is 5.32 Å². The molecule has 3 unspecified atom stereocenters. The number of rotatable bonds is 12. The number of esters is 1. The van der Waals surface area contributed by atoms with Crippen LogP contribution in [0.3, 0.4) is 0 Å². The van der Waals surface area contributed by atoms with Gasteiger partial charge in [0.05, 0.1) is 12.0 Å². The number of nitrogens with one attached hydrogen (secondary N) is 1. The summed E-state index contributed by atoms with van der Waals surface area (Å²) in [5, 5.41) is 2.48. The molecular weight excluding hydrogens is 630 g/mol. The third-order valence-electron chi connectivity index (χ3n) is 8.12. The first-order chi connectivity index (χ1) is 23.4. The highest BCUT2D eigenvalue weighted by Crippen LogP contribution is 2.47. The Morgan fingerprint density at radius 1 is 0.857 bits per heavy atom. The number of anilines is 1. The monoisotopic (exact) mass is 670 g/mol. The van der Waals surface area contributed by atoms with Crippen molar-refractivity contribution >= 4 is 23.7 Å². The largest absolute Gasteiger partial charge is 0.489 e. The van der Waals surface area contributed by atoms with E-state index < -0.39 is 53.4 Å². The van der Waals surface area contributed by atoms with Gasteiger partial charge in [-0.25, -0.2) is 18.4 Å². The summed E-state index contributed by atoms with van der Waals surface area (Å²) in [7, 11) is 0. The standard InChI is InChI=1S/C39H40F2N2O6/c1-25(42-38(46)49-39(2,3)4)37(45)48-34(27-10-14-29(40)15-11-27)23-22-33-35(43(36(33)44)31-18-16-30(41)17-19-31)28-12-20-32(21-13-28)47-24-26-8-6-5-7-9-26/h5-21,25,33-35H,22-24H2,1-4H3,(H,42,46)/t25?,33-,34?,35?/m1/s1. The molecule has 0 aromatic heterocycles. The zero-order chi connectivity index (χ0) is 35.1. The summed E-state index contributed by atoms with van der Waals surface area (Å²) in [5.41, 5.74) is 2.23. The molecule has 1 aliphatic heterocycles. The average Bonchev–Trinajstić information content (AvgIpc) is 3.06. The molecule has 0 radical (unpaired) electrons. The Morgan fingerprint density at radius 3 is 2.08 bits per heavy atom. The van der Waals surface area contributed by atoms with Crippen LogP contribution in [0.15, 0.2) is 103 Å². The molecule has 49 heavy (non-hydrogen) atoms. The highest BCUT2D eigenvalue weighted by molar-refractivity contribution is 6.03. The third-order valence-corrected chi connectivity index (χ3v) is 8.12. The number of carbonyl (C=O) groups is 3. The minimum absolute atomic E-state index is 0.162. The van der Waals surface area contributed by atoms with Crippen LogP contribution in [-0.4, -0.2) is 29.6 Å². The number of alkyl carbamates (subject to hydrolysis) is 1. The van der Waals surface area contributed by atoms with Gasteiger partial charge in [0.2, 0.25) is 5.91 Å². The molecule has 1 fully saturated rings. The van der Waals surface area contributed by atoms with Crippen LogP contribution in [-0.2, 0) is 25.7 Å². The Kier molecular flexibility index (Phi) is 11.0. The van der Waals surface area contributed by atoms with Crippen molar-refractivity contribution in [2.75, 3.05) is 4.90 Å². The Labute approximate surface area is 285 Å². The lowest BCUT2D eigenvalue weighted by Gasteiger charge is -2.48. The number of benzene rings is 4. The summed E-state index contributed by atoms with van der Waals surface area (Å²) in [6, 6.07) is 27.2. The molecule has 0 saturated carbocycles. The molecule has 4 aromatic carbocycles. The van der Waals surface area contributed by atoms with Crippen molar-refractivity contribution in [3.63, 3.8) is 0 Å². The molecule has 0 bridgehead atoms. The molecule has 8 nitrogen and oxygen atoms in total. The van der Waals surface area contributed by atoms with Gasteiger partial charge in [-0.2, -0.15) is 0 Å². The summed E-state index contributed by atoms with van der Waals surface area (Å²) >= 11 is 0. The van der Waals surface area contributed by atoms with Crippen LogP contribution in [0.4, 0.5) is 19.3 Å². The predicted molar refractivity (Wildman–Crippen MR) is 181 cm³/mol. The molecule has 1 heterocycles.